The quantitative estimate of drug-likeness (QED) is 0.866. The number of carbonyl (C=O) groups excluding carboxylic acids is 1. The Morgan fingerprint density at radius 2 is 2.35 bits per heavy atom. The monoisotopic (exact) mass is 272 g/mol. The molecule has 104 valence electrons. The highest BCUT2D eigenvalue weighted by molar-refractivity contribution is 5.95. The van der Waals surface area contributed by atoms with E-state index in [4.69, 9.17) is 16.2 Å². The number of nitrogens with two attached hydrogens (primary N) is 2. The zero-order valence-electron chi connectivity index (χ0n) is 11.2. The van der Waals surface area contributed by atoms with Crippen LogP contribution in [0.4, 0.5) is 5.69 Å². The van der Waals surface area contributed by atoms with Gasteiger partial charge in [-0.15, -0.1) is 0 Å². The van der Waals surface area contributed by atoms with Gasteiger partial charge < -0.3 is 16.2 Å². The van der Waals surface area contributed by atoms with Crippen LogP contribution in [-0.2, 0) is 13.0 Å². The molecule has 20 heavy (non-hydrogen) atoms. The number of aryl methyl sites for hydroxylation is 1. The Bertz CT molecular complexity index is 678. The second-order valence-corrected chi connectivity index (χ2v) is 5.07. The number of aromatic nitrogens is 2. The van der Waals surface area contributed by atoms with Gasteiger partial charge in [0.2, 0.25) is 0 Å². The van der Waals surface area contributed by atoms with Crippen molar-refractivity contribution in [3.63, 3.8) is 0 Å². The molecule has 0 bridgehead atoms. The number of rotatable bonds is 3. The van der Waals surface area contributed by atoms with Crippen molar-refractivity contribution >= 4 is 11.6 Å². The van der Waals surface area contributed by atoms with Crippen molar-refractivity contribution in [2.24, 2.45) is 5.73 Å². The van der Waals surface area contributed by atoms with Gasteiger partial charge in [-0.25, -0.2) is 0 Å². The summed E-state index contributed by atoms with van der Waals surface area (Å²) in [5.74, 6) is 0.295. The highest BCUT2D eigenvalue weighted by Gasteiger charge is 2.24. The van der Waals surface area contributed by atoms with Crippen LogP contribution in [0.25, 0.3) is 0 Å². The van der Waals surface area contributed by atoms with E-state index >= 15 is 0 Å². The van der Waals surface area contributed by atoms with E-state index in [1.54, 1.807) is 10.9 Å². The first-order valence-corrected chi connectivity index (χ1v) is 6.42. The number of nitrogens with zero attached hydrogens (tertiary/aromatic N) is 2. The van der Waals surface area contributed by atoms with Crippen LogP contribution < -0.4 is 16.2 Å². The summed E-state index contributed by atoms with van der Waals surface area (Å²) in [5.41, 5.74) is 13.7. The standard InChI is InChI=1S/C14H16N4O2/c1-8-2-3-12-9(4-8)5-10(20-12)6-18-7-11(15)13(17-18)14(16)19/h2-4,7,10H,5-6,15H2,1H3,(H2,16,19). The third kappa shape index (κ3) is 2.20. The molecular formula is C14H16N4O2. The molecule has 0 radical (unpaired) electrons. The van der Waals surface area contributed by atoms with Crippen LogP contribution in [-0.4, -0.2) is 21.8 Å². The maximum absolute atomic E-state index is 11.1. The zero-order valence-corrected chi connectivity index (χ0v) is 11.2. The Labute approximate surface area is 116 Å². The lowest BCUT2D eigenvalue weighted by Gasteiger charge is -2.10. The molecule has 1 aromatic heterocycles. The maximum atomic E-state index is 11.1. The summed E-state index contributed by atoms with van der Waals surface area (Å²) in [5, 5.41) is 4.09. The smallest absolute Gasteiger partial charge is 0.271 e. The second kappa shape index (κ2) is 4.56. The highest BCUT2D eigenvalue weighted by Crippen LogP contribution is 2.30. The summed E-state index contributed by atoms with van der Waals surface area (Å²) < 4.78 is 7.47. The van der Waals surface area contributed by atoms with Gasteiger partial charge >= 0.3 is 0 Å². The molecular weight excluding hydrogens is 256 g/mol. The van der Waals surface area contributed by atoms with E-state index in [1.807, 2.05) is 12.1 Å². The van der Waals surface area contributed by atoms with E-state index in [1.165, 1.54) is 11.1 Å². The predicted octanol–water partition coefficient (Wildman–Crippen LogP) is 0.876. The number of ether oxygens (including phenoxy) is 1. The zero-order chi connectivity index (χ0) is 14.3. The minimum Gasteiger partial charge on any atom is -0.488 e. The fraction of sp³-hybridized carbons (Fsp3) is 0.286. The first kappa shape index (κ1) is 12.5. The Kier molecular flexibility index (Phi) is 2.85. The van der Waals surface area contributed by atoms with Gasteiger partial charge in [-0.05, 0) is 18.6 Å². The minimum atomic E-state index is -0.618. The molecule has 1 aliphatic heterocycles. The second-order valence-electron chi connectivity index (χ2n) is 5.07. The number of anilines is 1. The Morgan fingerprint density at radius 3 is 3.05 bits per heavy atom. The van der Waals surface area contributed by atoms with Crippen LogP contribution >= 0.6 is 0 Å². The van der Waals surface area contributed by atoms with E-state index in [9.17, 15) is 4.79 Å². The highest BCUT2D eigenvalue weighted by atomic mass is 16.5. The molecule has 1 aliphatic rings. The summed E-state index contributed by atoms with van der Waals surface area (Å²) >= 11 is 0. The summed E-state index contributed by atoms with van der Waals surface area (Å²) in [4.78, 5) is 11.1. The van der Waals surface area contributed by atoms with Crippen LogP contribution in [0.3, 0.4) is 0 Å². The number of primary amides is 1. The van der Waals surface area contributed by atoms with Crippen LogP contribution in [0.1, 0.15) is 21.6 Å². The number of nitrogen functional groups attached to an aromatic ring is 1. The van der Waals surface area contributed by atoms with Gasteiger partial charge in [0.05, 0.1) is 12.2 Å². The molecule has 1 atom stereocenters. The number of hydrogen-bond acceptors (Lipinski definition) is 4. The molecule has 1 amide bonds. The number of benzene rings is 1. The SMILES string of the molecule is Cc1ccc2c(c1)CC(Cn1cc(N)c(C(N)=O)n1)O2. The lowest BCUT2D eigenvalue weighted by Crippen LogP contribution is -2.22. The third-order valence-electron chi connectivity index (χ3n) is 3.37. The molecule has 3 rings (SSSR count). The van der Waals surface area contributed by atoms with Crippen molar-refractivity contribution in [2.45, 2.75) is 26.0 Å². The van der Waals surface area contributed by atoms with Crippen LogP contribution in [0.5, 0.6) is 5.75 Å². The maximum Gasteiger partial charge on any atom is 0.271 e. The van der Waals surface area contributed by atoms with Crippen LogP contribution in [0, 0.1) is 6.92 Å². The van der Waals surface area contributed by atoms with Crippen molar-refractivity contribution in [3.8, 4) is 5.75 Å². The van der Waals surface area contributed by atoms with Crippen molar-refractivity contribution in [3.05, 3.63) is 41.2 Å². The van der Waals surface area contributed by atoms with Gasteiger partial charge in [-0.3, -0.25) is 9.48 Å². The van der Waals surface area contributed by atoms with Crippen molar-refractivity contribution in [1.82, 2.24) is 9.78 Å². The van der Waals surface area contributed by atoms with Crippen molar-refractivity contribution < 1.29 is 9.53 Å². The molecule has 0 fully saturated rings. The fourth-order valence-corrected chi connectivity index (χ4v) is 2.48. The number of carbonyl (C=O) groups is 1. The normalized spacial score (nSPS) is 16.8. The van der Waals surface area contributed by atoms with Gasteiger partial charge in [0.1, 0.15) is 11.9 Å². The summed E-state index contributed by atoms with van der Waals surface area (Å²) in [6.45, 7) is 2.59. The lowest BCUT2D eigenvalue weighted by atomic mass is 10.1. The summed E-state index contributed by atoms with van der Waals surface area (Å²) in [6, 6.07) is 6.14. The van der Waals surface area contributed by atoms with E-state index < -0.39 is 5.91 Å². The molecule has 1 aromatic carbocycles. The average Bonchev–Trinajstić information content (AvgIpc) is 2.92. The van der Waals surface area contributed by atoms with E-state index in [-0.39, 0.29) is 11.8 Å². The fourth-order valence-electron chi connectivity index (χ4n) is 2.48. The Balaban J connectivity index is 1.75. The molecule has 4 N–H and O–H groups in total. The third-order valence-corrected chi connectivity index (χ3v) is 3.37. The van der Waals surface area contributed by atoms with E-state index in [0.717, 1.165) is 12.2 Å². The largest absolute Gasteiger partial charge is 0.488 e. The Hall–Kier alpha value is -2.50. The van der Waals surface area contributed by atoms with Gasteiger partial charge in [-0.1, -0.05) is 17.7 Å². The van der Waals surface area contributed by atoms with E-state index in [2.05, 4.69) is 18.1 Å². The van der Waals surface area contributed by atoms with Crippen molar-refractivity contribution in [2.75, 3.05) is 5.73 Å². The van der Waals surface area contributed by atoms with Crippen LogP contribution in [0.15, 0.2) is 24.4 Å². The first-order chi connectivity index (χ1) is 9.52. The molecule has 1 unspecified atom stereocenters. The Morgan fingerprint density at radius 1 is 1.55 bits per heavy atom. The first-order valence-electron chi connectivity index (χ1n) is 6.42. The molecule has 2 heterocycles. The number of hydrogen-bond donors (Lipinski definition) is 2. The summed E-state index contributed by atoms with van der Waals surface area (Å²) in [7, 11) is 0. The molecule has 2 aromatic rings. The topological polar surface area (TPSA) is 96.2 Å². The average molecular weight is 272 g/mol. The molecule has 0 aliphatic carbocycles. The van der Waals surface area contributed by atoms with E-state index in [0.29, 0.717) is 12.2 Å². The predicted molar refractivity (Wildman–Crippen MR) is 74.5 cm³/mol. The molecule has 0 saturated heterocycles. The molecule has 0 spiro atoms. The molecule has 6 heteroatoms. The lowest BCUT2D eigenvalue weighted by molar-refractivity contribution is 0.0994. The number of amides is 1. The summed E-state index contributed by atoms with van der Waals surface area (Å²) in [6.07, 6.45) is 2.42. The van der Waals surface area contributed by atoms with Gasteiger partial charge in [0, 0.05) is 12.6 Å². The molecule has 0 saturated carbocycles. The van der Waals surface area contributed by atoms with Gasteiger partial charge in [-0.2, -0.15) is 5.10 Å². The van der Waals surface area contributed by atoms with Crippen molar-refractivity contribution in [1.29, 1.82) is 0 Å². The number of fused-ring (bicyclic) bond motifs is 1. The molecule has 6 nitrogen and oxygen atoms in total. The van der Waals surface area contributed by atoms with Gasteiger partial charge in [0.15, 0.2) is 5.69 Å². The minimum absolute atomic E-state index is 0.00757. The van der Waals surface area contributed by atoms with Crippen LogP contribution in [0.2, 0.25) is 0 Å². The van der Waals surface area contributed by atoms with Gasteiger partial charge in [0.25, 0.3) is 5.91 Å².